The van der Waals surface area contributed by atoms with Gasteiger partial charge in [-0.15, -0.1) is 0 Å². The summed E-state index contributed by atoms with van der Waals surface area (Å²) in [5.41, 5.74) is 6.74. The predicted molar refractivity (Wildman–Crippen MR) is 217 cm³/mol. The molecule has 6 amide bonds. The van der Waals surface area contributed by atoms with Crippen LogP contribution < -0.4 is 32.3 Å². The molecule has 1 aromatic rings. The first-order valence-electron chi connectivity index (χ1n) is 21.0. The Morgan fingerprint density at radius 2 is 1.56 bits per heavy atom. The van der Waals surface area contributed by atoms with Gasteiger partial charge in [0.1, 0.15) is 30.8 Å². The van der Waals surface area contributed by atoms with Gasteiger partial charge in [-0.2, -0.15) is 0 Å². The zero-order chi connectivity index (χ0) is 41.9. The molecule has 7 atom stereocenters. The van der Waals surface area contributed by atoms with E-state index in [-0.39, 0.29) is 44.0 Å². The van der Waals surface area contributed by atoms with Gasteiger partial charge >= 0.3 is 6.09 Å². The number of ether oxygens (including phenoxy) is 2. The van der Waals surface area contributed by atoms with E-state index in [0.717, 1.165) is 50.5 Å². The lowest BCUT2D eigenvalue weighted by molar-refractivity contribution is -0.147. The second-order valence-electron chi connectivity index (χ2n) is 16.2. The molecule has 1 saturated carbocycles. The molecular formula is C42H69N7O8. The number of carbonyl (C=O) groups excluding carboxylic acids is 6. The Hall–Kier alpha value is -4.24. The van der Waals surface area contributed by atoms with E-state index in [4.69, 9.17) is 15.2 Å². The van der Waals surface area contributed by atoms with E-state index in [0.29, 0.717) is 25.7 Å². The fraction of sp³-hybridized carbons (Fsp3) is 0.714. The van der Waals surface area contributed by atoms with E-state index in [1.54, 1.807) is 26.1 Å². The minimum atomic E-state index is -1.38. The van der Waals surface area contributed by atoms with Crippen LogP contribution in [-0.4, -0.2) is 104 Å². The molecule has 57 heavy (non-hydrogen) atoms. The molecule has 1 saturated heterocycles. The first-order valence-corrected chi connectivity index (χ1v) is 21.0. The number of rotatable bonds is 13. The SMILES string of the molecule is CCCCCC[C@H]1OC[C@@H](C)NC(=O)[C@H](CN)NC(=O)[C@H](CNC(=O)OCc2ccccc2)NC(=O)[C@H](C2CCCCC2)NC(=O)[C@H](CC(C)C)N(C)C(=O)[C@@H]1C. The van der Waals surface area contributed by atoms with Crippen molar-refractivity contribution in [3.8, 4) is 0 Å². The number of alkyl carbamates (subject to hydrolysis) is 1. The quantitative estimate of drug-likeness (QED) is 0.162. The first-order chi connectivity index (χ1) is 27.2. The van der Waals surface area contributed by atoms with Crippen molar-refractivity contribution in [2.75, 3.05) is 26.7 Å². The average Bonchev–Trinajstić information content (AvgIpc) is 3.20. The van der Waals surface area contributed by atoms with Gasteiger partial charge in [-0.3, -0.25) is 24.0 Å². The zero-order valence-corrected chi connectivity index (χ0v) is 35.0. The highest BCUT2D eigenvalue weighted by molar-refractivity contribution is 5.96. The fourth-order valence-corrected chi connectivity index (χ4v) is 7.47. The molecule has 15 nitrogen and oxygen atoms in total. The van der Waals surface area contributed by atoms with Crippen molar-refractivity contribution in [3.63, 3.8) is 0 Å². The van der Waals surface area contributed by atoms with Crippen LogP contribution in [0, 0.1) is 17.8 Å². The number of nitrogens with two attached hydrogens (primary N) is 1. The molecule has 0 radical (unpaired) electrons. The topological polar surface area (TPSA) is 210 Å². The van der Waals surface area contributed by atoms with E-state index in [1.807, 2.05) is 39.0 Å². The maximum atomic E-state index is 14.4. The van der Waals surface area contributed by atoms with E-state index >= 15 is 0 Å². The standard InChI is InChI=1S/C42H69N7O8/c1-7-8-9-16-21-35-29(5)41(54)49(6)34(22-27(2)3)39(52)48-36(31-19-14-11-15-20-31)40(53)47-33(24-44-42(55)57-26-30-17-12-10-13-18-30)38(51)46-32(23-43)37(50)45-28(4)25-56-35/h10,12-13,17-18,27-29,31-36H,7-9,11,14-16,19-26,43H2,1-6H3,(H,44,55)(H,45,50)(H,46,51)(H,47,53)(H,48,52)/t28-,29-,32+,33+,34+,35-,36+/m1/s1. The van der Waals surface area contributed by atoms with Gasteiger partial charge in [0.25, 0.3) is 0 Å². The van der Waals surface area contributed by atoms with Gasteiger partial charge in [0.2, 0.25) is 29.5 Å². The third-order valence-corrected chi connectivity index (χ3v) is 10.9. The lowest BCUT2D eigenvalue weighted by atomic mass is 9.83. The molecule has 0 bridgehead atoms. The number of hydrogen-bond acceptors (Lipinski definition) is 9. The van der Waals surface area contributed by atoms with E-state index in [9.17, 15) is 28.8 Å². The van der Waals surface area contributed by atoms with Crippen LogP contribution in [-0.2, 0) is 40.1 Å². The van der Waals surface area contributed by atoms with Crippen molar-refractivity contribution in [2.45, 2.75) is 148 Å². The molecule has 3 rings (SSSR count). The highest BCUT2D eigenvalue weighted by Gasteiger charge is 2.39. The van der Waals surface area contributed by atoms with Crippen molar-refractivity contribution < 1.29 is 38.2 Å². The molecule has 15 heteroatoms. The summed E-state index contributed by atoms with van der Waals surface area (Å²) in [6.07, 6.45) is 7.64. The van der Waals surface area contributed by atoms with Gasteiger partial charge in [-0.25, -0.2) is 4.79 Å². The molecule has 0 unspecified atom stereocenters. The lowest BCUT2D eigenvalue weighted by Crippen LogP contribution is -2.62. The van der Waals surface area contributed by atoms with Gasteiger partial charge < -0.3 is 46.7 Å². The molecule has 0 aromatic heterocycles. The molecule has 1 aliphatic carbocycles. The summed E-state index contributed by atoms with van der Waals surface area (Å²) >= 11 is 0. The maximum Gasteiger partial charge on any atom is 0.407 e. The number of nitrogens with zero attached hydrogens (tertiary/aromatic N) is 1. The predicted octanol–water partition coefficient (Wildman–Crippen LogP) is 3.29. The molecule has 2 aliphatic rings. The van der Waals surface area contributed by atoms with Crippen LogP contribution in [0.3, 0.4) is 0 Å². The van der Waals surface area contributed by atoms with Gasteiger partial charge in [-0.05, 0) is 50.0 Å². The first kappa shape index (κ1) is 47.1. The number of carbonyl (C=O) groups is 6. The second kappa shape index (κ2) is 24.5. The molecule has 1 aromatic carbocycles. The molecule has 320 valence electrons. The van der Waals surface area contributed by atoms with Crippen LogP contribution in [0.1, 0.15) is 111 Å². The Labute approximate surface area is 339 Å². The van der Waals surface area contributed by atoms with Crippen LogP contribution in [0.2, 0.25) is 0 Å². The van der Waals surface area contributed by atoms with Crippen molar-refractivity contribution >= 4 is 35.6 Å². The van der Waals surface area contributed by atoms with E-state index < -0.39 is 72.0 Å². The van der Waals surface area contributed by atoms with Gasteiger partial charge in [0.05, 0.1) is 25.2 Å². The maximum absolute atomic E-state index is 14.4. The van der Waals surface area contributed by atoms with Crippen molar-refractivity contribution in [1.82, 2.24) is 31.5 Å². The van der Waals surface area contributed by atoms with Crippen LogP contribution in [0.5, 0.6) is 0 Å². The number of likely N-dealkylation sites (N-methyl/N-ethyl adjacent to an activating group) is 1. The Kier molecular flexibility index (Phi) is 20.3. The van der Waals surface area contributed by atoms with Crippen molar-refractivity contribution in [1.29, 1.82) is 0 Å². The Morgan fingerprint density at radius 3 is 2.21 bits per heavy atom. The third-order valence-electron chi connectivity index (χ3n) is 10.9. The van der Waals surface area contributed by atoms with E-state index in [1.165, 1.54) is 4.90 Å². The van der Waals surface area contributed by atoms with Crippen LogP contribution in [0.25, 0.3) is 0 Å². The van der Waals surface area contributed by atoms with Crippen LogP contribution in [0.4, 0.5) is 4.79 Å². The molecule has 1 heterocycles. The van der Waals surface area contributed by atoms with Gasteiger partial charge in [0.15, 0.2) is 0 Å². The largest absolute Gasteiger partial charge is 0.445 e. The van der Waals surface area contributed by atoms with Crippen molar-refractivity contribution in [2.24, 2.45) is 23.5 Å². The zero-order valence-electron chi connectivity index (χ0n) is 35.0. The van der Waals surface area contributed by atoms with Gasteiger partial charge in [0, 0.05) is 19.6 Å². The highest BCUT2D eigenvalue weighted by Crippen LogP contribution is 2.28. The lowest BCUT2D eigenvalue weighted by Gasteiger charge is -2.36. The summed E-state index contributed by atoms with van der Waals surface area (Å²) in [4.78, 5) is 84.5. The summed E-state index contributed by atoms with van der Waals surface area (Å²) < 4.78 is 11.7. The monoisotopic (exact) mass is 800 g/mol. The smallest absolute Gasteiger partial charge is 0.407 e. The number of hydrogen-bond donors (Lipinski definition) is 6. The minimum Gasteiger partial charge on any atom is -0.445 e. The number of unbranched alkanes of at least 4 members (excludes halogenated alkanes) is 3. The average molecular weight is 800 g/mol. The van der Waals surface area contributed by atoms with Crippen LogP contribution in [0.15, 0.2) is 30.3 Å². The van der Waals surface area contributed by atoms with Crippen LogP contribution >= 0.6 is 0 Å². The summed E-state index contributed by atoms with van der Waals surface area (Å²) in [5, 5.41) is 13.8. The molecule has 2 fully saturated rings. The number of nitrogens with one attached hydrogen (secondary N) is 5. The normalized spacial score (nSPS) is 26.6. The number of amides is 6. The Balaban J connectivity index is 1.99. The summed E-state index contributed by atoms with van der Waals surface area (Å²) in [6.45, 7) is 9.06. The second-order valence-corrected chi connectivity index (χ2v) is 16.2. The number of benzene rings is 1. The highest BCUT2D eigenvalue weighted by atomic mass is 16.5. The third kappa shape index (κ3) is 15.6. The van der Waals surface area contributed by atoms with Gasteiger partial charge in [-0.1, -0.05) is 103 Å². The van der Waals surface area contributed by atoms with E-state index in [2.05, 4.69) is 33.5 Å². The minimum absolute atomic E-state index is 0.0180. The Morgan fingerprint density at radius 1 is 0.895 bits per heavy atom. The Bertz CT molecular complexity index is 1440. The van der Waals surface area contributed by atoms with Crippen molar-refractivity contribution in [3.05, 3.63) is 35.9 Å². The summed E-state index contributed by atoms with van der Waals surface area (Å²) in [6, 6.07) is 4.06. The summed E-state index contributed by atoms with van der Waals surface area (Å²) in [7, 11) is 1.62. The summed E-state index contributed by atoms with van der Waals surface area (Å²) in [5.74, 6) is -3.49. The molecule has 7 N–H and O–H groups in total. The molecule has 0 spiro atoms. The fourth-order valence-electron chi connectivity index (χ4n) is 7.47. The molecule has 1 aliphatic heterocycles. The molecular weight excluding hydrogens is 731 g/mol.